The van der Waals surface area contributed by atoms with Crippen molar-refractivity contribution >= 4 is 27.0 Å². The molecule has 1 aromatic carbocycles. The van der Waals surface area contributed by atoms with Gasteiger partial charge in [-0.25, -0.2) is 8.42 Å². The Hall–Kier alpha value is -2.20. The van der Waals surface area contributed by atoms with Gasteiger partial charge in [0.25, 0.3) is 5.91 Å². The van der Waals surface area contributed by atoms with Gasteiger partial charge in [0.1, 0.15) is 11.0 Å². The third-order valence-corrected chi connectivity index (χ3v) is 6.94. The molecule has 1 aliphatic rings. The second kappa shape index (κ2) is 8.44. The van der Waals surface area contributed by atoms with Crippen molar-refractivity contribution in [3.8, 4) is 0 Å². The zero-order valence-electron chi connectivity index (χ0n) is 16.5. The second-order valence-electron chi connectivity index (χ2n) is 7.45. The fraction of sp³-hybridized carbons (Fsp3) is 0.611. The minimum absolute atomic E-state index is 0.0184. The zero-order chi connectivity index (χ0) is 20.3. The lowest BCUT2D eigenvalue weighted by Crippen LogP contribution is -2.40. The summed E-state index contributed by atoms with van der Waals surface area (Å²) in [6, 6.07) is 4.64. The molecule has 2 aromatic rings. The standard InChI is InChI=1S/C18H27N5O4S/c1-13(2)14(3)19-18(24)12-27-23-17-11-15(7-8-16(17)20-21-23)28(25,26)22-9-5-4-6-10-22/h7-8,11,13-14H,4-6,9-10,12H2,1-3H3,(H,19,24)/t14-/m0/s1. The largest absolute Gasteiger partial charge is 0.385 e. The molecule has 0 spiro atoms. The monoisotopic (exact) mass is 409 g/mol. The van der Waals surface area contributed by atoms with Gasteiger partial charge in [0, 0.05) is 19.1 Å². The first kappa shape index (κ1) is 20.5. The number of nitrogens with zero attached hydrogens (tertiary/aromatic N) is 4. The van der Waals surface area contributed by atoms with Crippen LogP contribution in [0.5, 0.6) is 0 Å². The molecule has 28 heavy (non-hydrogen) atoms. The van der Waals surface area contributed by atoms with E-state index >= 15 is 0 Å². The Balaban J connectivity index is 1.76. The number of carbonyl (C=O) groups is 1. The van der Waals surface area contributed by atoms with Crippen LogP contribution in [-0.4, -0.2) is 59.5 Å². The Morgan fingerprint density at radius 2 is 1.93 bits per heavy atom. The number of fused-ring (bicyclic) bond motifs is 1. The predicted molar refractivity (Wildman–Crippen MR) is 104 cm³/mol. The second-order valence-corrected chi connectivity index (χ2v) is 9.39. The maximum atomic E-state index is 12.9. The first-order chi connectivity index (χ1) is 13.3. The Morgan fingerprint density at radius 3 is 2.61 bits per heavy atom. The zero-order valence-corrected chi connectivity index (χ0v) is 17.3. The van der Waals surface area contributed by atoms with Crippen molar-refractivity contribution in [3.05, 3.63) is 18.2 Å². The summed E-state index contributed by atoms with van der Waals surface area (Å²) >= 11 is 0. The van der Waals surface area contributed by atoms with E-state index < -0.39 is 10.0 Å². The minimum Gasteiger partial charge on any atom is -0.385 e. The summed E-state index contributed by atoms with van der Waals surface area (Å²) in [7, 11) is -3.58. The number of nitrogens with one attached hydrogen (secondary N) is 1. The molecule has 1 saturated heterocycles. The number of sulfonamides is 1. The molecule has 1 aromatic heterocycles. The van der Waals surface area contributed by atoms with Gasteiger partial charge >= 0.3 is 0 Å². The lowest BCUT2D eigenvalue weighted by atomic mass is 10.1. The molecule has 0 radical (unpaired) electrons. The smallest absolute Gasteiger partial charge is 0.260 e. The summed E-state index contributed by atoms with van der Waals surface area (Å²) in [6.45, 7) is 6.77. The molecular formula is C18H27N5O4S. The highest BCUT2D eigenvalue weighted by atomic mass is 32.2. The van der Waals surface area contributed by atoms with Crippen LogP contribution in [0, 0.1) is 5.92 Å². The molecule has 1 amide bonds. The Morgan fingerprint density at radius 1 is 1.21 bits per heavy atom. The SMILES string of the molecule is CC(C)[C@H](C)NC(=O)COn1nnc2ccc(S(=O)(=O)N3CCCCC3)cc21. The van der Waals surface area contributed by atoms with Gasteiger partial charge in [0.05, 0.1) is 4.90 Å². The van der Waals surface area contributed by atoms with E-state index in [2.05, 4.69) is 15.6 Å². The van der Waals surface area contributed by atoms with Gasteiger partial charge in [-0.15, -0.1) is 5.10 Å². The fourth-order valence-corrected chi connectivity index (χ4v) is 4.51. The van der Waals surface area contributed by atoms with E-state index in [1.807, 2.05) is 20.8 Å². The molecule has 0 aliphatic carbocycles. The molecule has 1 aliphatic heterocycles. The van der Waals surface area contributed by atoms with E-state index in [1.54, 1.807) is 6.07 Å². The summed E-state index contributed by atoms with van der Waals surface area (Å²) in [5.41, 5.74) is 0.899. The highest BCUT2D eigenvalue weighted by molar-refractivity contribution is 7.89. The molecule has 1 atom stereocenters. The average molecular weight is 410 g/mol. The molecule has 1 N–H and O–H groups in total. The predicted octanol–water partition coefficient (Wildman–Crippen LogP) is 1.20. The maximum Gasteiger partial charge on any atom is 0.260 e. The van der Waals surface area contributed by atoms with E-state index in [1.165, 1.54) is 16.4 Å². The lowest BCUT2D eigenvalue weighted by molar-refractivity contribution is -0.127. The van der Waals surface area contributed by atoms with Crippen molar-refractivity contribution in [1.29, 1.82) is 0 Å². The van der Waals surface area contributed by atoms with Crippen molar-refractivity contribution in [2.24, 2.45) is 5.92 Å². The molecule has 10 heteroatoms. The van der Waals surface area contributed by atoms with Crippen molar-refractivity contribution in [3.63, 3.8) is 0 Å². The Bertz CT molecular complexity index is 935. The van der Waals surface area contributed by atoms with E-state index in [0.29, 0.717) is 30.0 Å². The molecule has 3 rings (SSSR count). The molecule has 0 unspecified atom stereocenters. The first-order valence-electron chi connectivity index (χ1n) is 9.57. The van der Waals surface area contributed by atoms with Gasteiger partial charge < -0.3 is 10.2 Å². The summed E-state index contributed by atoms with van der Waals surface area (Å²) in [5.74, 6) is 0.0284. The van der Waals surface area contributed by atoms with Crippen molar-refractivity contribution in [2.45, 2.75) is 51.0 Å². The topological polar surface area (TPSA) is 106 Å². The Kier molecular flexibility index (Phi) is 6.19. The normalized spacial score (nSPS) is 17.0. The van der Waals surface area contributed by atoms with Crippen LogP contribution in [-0.2, 0) is 14.8 Å². The number of carbonyl (C=O) groups excluding carboxylic acids is 1. The molecule has 2 heterocycles. The van der Waals surface area contributed by atoms with Gasteiger partial charge in [-0.2, -0.15) is 4.31 Å². The number of hydrogen-bond donors (Lipinski definition) is 1. The third-order valence-electron chi connectivity index (χ3n) is 5.05. The number of hydrogen-bond acceptors (Lipinski definition) is 6. The highest BCUT2D eigenvalue weighted by Gasteiger charge is 2.26. The Labute approximate surface area is 165 Å². The molecule has 0 bridgehead atoms. The molecular weight excluding hydrogens is 382 g/mol. The highest BCUT2D eigenvalue weighted by Crippen LogP contribution is 2.23. The van der Waals surface area contributed by atoms with E-state index in [9.17, 15) is 13.2 Å². The third kappa shape index (κ3) is 4.44. The van der Waals surface area contributed by atoms with Crippen molar-refractivity contribution in [2.75, 3.05) is 19.7 Å². The van der Waals surface area contributed by atoms with Crippen LogP contribution >= 0.6 is 0 Å². The van der Waals surface area contributed by atoms with E-state index in [0.717, 1.165) is 24.1 Å². The molecule has 1 fully saturated rings. The van der Waals surface area contributed by atoms with Crippen LogP contribution < -0.4 is 10.2 Å². The van der Waals surface area contributed by atoms with Gasteiger partial charge in [0.2, 0.25) is 10.0 Å². The van der Waals surface area contributed by atoms with Crippen molar-refractivity contribution < 1.29 is 18.0 Å². The van der Waals surface area contributed by atoms with Crippen molar-refractivity contribution in [1.82, 2.24) is 24.8 Å². The van der Waals surface area contributed by atoms with Crippen LogP contribution in [0.15, 0.2) is 23.1 Å². The van der Waals surface area contributed by atoms with E-state index in [4.69, 9.17) is 4.84 Å². The number of benzene rings is 1. The molecule has 9 nitrogen and oxygen atoms in total. The van der Waals surface area contributed by atoms with Crippen LogP contribution in [0.2, 0.25) is 0 Å². The van der Waals surface area contributed by atoms with Gasteiger partial charge in [-0.3, -0.25) is 4.79 Å². The molecule has 0 saturated carbocycles. The van der Waals surface area contributed by atoms with Gasteiger partial charge in [-0.05, 0) is 49.1 Å². The lowest BCUT2D eigenvalue weighted by Gasteiger charge is -2.25. The fourth-order valence-electron chi connectivity index (χ4n) is 2.97. The molecule has 154 valence electrons. The van der Waals surface area contributed by atoms with Crippen LogP contribution in [0.3, 0.4) is 0 Å². The summed E-state index contributed by atoms with van der Waals surface area (Å²) in [5, 5.41) is 10.7. The van der Waals surface area contributed by atoms with Gasteiger partial charge in [-0.1, -0.05) is 25.1 Å². The number of rotatable bonds is 7. The van der Waals surface area contributed by atoms with Gasteiger partial charge in [0.15, 0.2) is 6.61 Å². The quantitative estimate of drug-likeness (QED) is 0.736. The summed E-state index contributed by atoms with van der Waals surface area (Å²) in [6.07, 6.45) is 2.79. The van der Waals surface area contributed by atoms with Crippen LogP contribution in [0.25, 0.3) is 11.0 Å². The average Bonchev–Trinajstić information content (AvgIpc) is 3.09. The maximum absolute atomic E-state index is 12.9. The number of amides is 1. The van der Waals surface area contributed by atoms with Crippen LogP contribution in [0.1, 0.15) is 40.0 Å². The number of aromatic nitrogens is 3. The first-order valence-corrected chi connectivity index (χ1v) is 11.0. The van der Waals surface area contributed by atoms with Crippen LogP contribution in [0.4, 0.5) is 0 Å². The summed E-state index contributed by atoms with van der Waals surface area (Å²) < 4.78 is 27.3. The minimum atomic E-state index is -3.58. The van der Waals surface area contributed by atoms with E-state index in [-0.39, 0.29) is 23.5 Å². The summed E-state index contributed by atoms with van der Waals surface area (Å²) in [4.78, 5) is 18.7. The number of piperidine rings is 1.